The number of halogens is 4. The van der Waals surface area contributed by atoms with E-state index in [1.807, 2.05) is 0 Å². The molecule has 0 amide bonds. The molecule has 0 spiro atoms. The number of pyridine rings is 1. The Bertz CT molecular complexity index is 1240. The summed E-state index contributed by atoms with van der Waals surface area (Å²) in [5.41, 5.74) is -1.41. The summed E-state index contributed by atoms with van der Waals surface area (Å²) >= 11 is 0.630. The van der Waals surface area contributed by atoms with Crippen LogP contribution < -0.4 is 9.64 Å². The fourth-order valence-corrected chi connectivity index (χ4v) is 4.59. The Morgan fingerprint density at radius 1 is 1.05 bits per heavy atom. The van der Waals surface area contributed by atoms with Gasteiger partial charge in [-0.3, -0.25) is 14.7 Å². The van der Waals surface area contributed by atoms with Gasteiger partial charge in [0.1, 0.15) is 11.4 Å². The predicted molar refractivity (Wildman–Crippen MR) is 148 cm³/mol. The van der Waals surface area contributed by atoms with E-state index in [9.17, 15) is 22.4 Å². The number of aromatic nitrogens is 2. The van der Waals surface area contributed by atoms with Crippen LogP contribution in [0.4, 0.5) is 28.4 Å². The number of hydrogen-bond acceptors (Lipinski definition) is 7. The summed E-state index contributed by atoms with van der Waals surface area (Å²) in [4.78, 5) is 22.0. The third-order valence-corrected chi connectivity index (χ3v) is 6.88. The Balaban J connectivity index is 1.91. The molecule has 0 aliphatic carbocycles. The number of ether oxygens (including phenoxy) is 2. The highest BCUT2D eigenvalue weighted by atomic mass is 32.1. The fourth-order valence-electron chi connectivity index (χ4n) is 3.76. The molecule has 40 heavy (non-hydrogen) atoms. The second kappa shape index (κ2) is 13.9. The van der Waals surface area contributed by atoms with Crippen molar-refractivity contribution in [2.45, 2.75) is 72.4 Å². The zero-order chi connectivity index (χ0) is 29.3. The topological polar surface area (TPSA) is 64.6 Å². The van der Waals surface area contributed by atoms with Crippen LogP contribution in [0.1, 0.15) is 71.8 Å². The van der Waals surface area contributed by atoms with E-state index < -0.39 is 35.0 Å². The van der Waals surface area contributed by atoms with E-state index in [-0.39, 0.29) is 28.9 Å². The first-order valence-electron chi connectivity index (χ1n) is 13.3. The van der Waals surface area contributed by atoms with Crippen LogP contribution in [0.3, 0.4) is 0 Å². The van der Waals surface area contributed by atoms with Gasteiger partial charge in [-0.05, 0) is 57.5 Å². The summed E-state index contributed by atoms with van der Waals surface area (Å²) in [6.07, 6.45) is 4.12. The molecule has 0 bridgehead atoms. The Kier molecular flexibility index (Phi) is 10.9. The van der Waals surface area contributed by atoms with Crippen molar-refractivity contribution in [2.75, 3.05) is 18.2 Å². The molecule has 0 aliphatic heterocycles. The lowest BCUT2D eigenvalue weighted by molar-refractivity contribution is -0.152. The average molecular weight is 582 g/mol. The highest BCUT2D eigenvalue weighted by Crippen LogP contribution is 2.41. The van der Waals surface area contributed by atoms with Crippen LogP contribution in [-0.2, 0) is 15.7 Å². The van der Waals surface area contributed by atoms with Gasteiger partial charge in [-0.25, -0.2) is 4.98 Å². The van der Waals surface area contributed by atoms with Gasteiger partial charge in [0, 0.05) is 23.6 Å². The number of nitrogens with zero attached hydrogens (tertiary/aromatic N) is 3. The van der Waals surface area contributed by atoms with Crippen molar-refractivity contribution < 1.29 is 31.8 Å². The number of unbranched alkanes of at least 4 members (excludes halogenated alkanes) is 5. The van der Waals surface area contributed by atoms with Gasteiger partial charge in [0.25, 0.3) is 0 Å². The standard InChI is InChI=1S/C29H35F4N3O3S/c1-5-6-7-8-9-10-16-38-23-14-13-21(17-22(23)29(31,32)33)36(19-39-26(37)28(2,3)4)27-35-24(25(30)40-27)20-12-11-15-34-18-20/h11-15,17-18H,5-10,16,19H2,1-4H3. The van der Waals surface area contributed by atoms with Crippen molar-refractivity contribution in [3.8, 4) is 17.0 Å². The molecule has 0 saturated carbocycles. The normalized spacial score (nSPS) is 11.9. The van der Waals surface area contributed by atoms with Crippen LogP contribution >= 0.6 is 11.3 Å². The average Bonchev–Trinajstić information content (AvgIpc) is 3.29. The molecule has 0 saturated heterocycles. The maximum absolute atomic E-state index is 15.0. The van der Waals surface area contributed by atoms with E-state index in [2.05, 4.69) is 16.9 Å². The number of carbonyl (C=O) groups excluding carboxylic acids is 1. The van der Waals surface area contributed by atoms with E-state index in [0.29, 0.717) is 23.3 Å². The van der Waals surface area contributed by atoms with Crippen molar-refractivity contribution in [3.05, 3.63) is 53.4 Å². The number of hydrogen-bond donors (Lipinski definition) is 0. The summed E-state index contributed by atoms with van der Waals surface area (Å²) in [5.74, 6) is -0.866. The van der Waals surface area contributed by atoms with Gasteiger partial charge < -0.3 is 9.47 Å². The largest absolute Gasteiger partial charge is 0.493 e. The summed E-state index contributed by atoms with van der Waals surface area (Å²) in [6.45, 7) is 6.77. The molecule has 0 fully saturated rings. The second-order valence-electron chi connectivity index (χ2n) is 10.4. The fraction of sp³-hybridized carbons (Fsp3) is 0.483. The lowest BCUT2D eigenvalue weighted by Crippen LogP contribution is -2.29. The first-order chi connectivity index (χ1) is 18.9. The smallest absolute Gasteiger partial charge is 0.420 e. The molecule has 0 unspecified atom stereocenters. The van der Waals surface area contributed by atoms with E-state index in [0.717, 1.165) is 38.2 Å². The van der Waals surface area contributed by atoms with Gasteiger partial charge >= 0.3 is 12.1 Å². The number of rotatable bonds is 13. The van der Waals surface area contributed by atoms with Crippen LogP contribution in [0.2, 0.25) is 0 Å². The van der Waals surface area contributed by atoms with E-state index in [1.54, 1.807) is 32.9 Å². The Hall–Kier alpha value is -3.21. The minimum absolute atomic E-state index is 0.00446. The molecular weight excluding hydrogens is 546 g/mol. The van der Waals surface area contributed by atoms with Crippen LogP contribution in [0.15, 0.2) is 42.7 Å². The Morgan fingerprint density at radius 2 is 1.77 bits per heavy atom. The summed E-state index contributed by atoms with van der Waals surface area (Å²) in [6, 6.07) is 6.80. The molecular formula is C29H35F4N3O3S. The monoisotopic (exact) mass is 581 g/mol. The zero-order valence-electron chi connectivity index (χ0n) is 23.2. The number of benzene rings is 1. The van der Waals surface area contributed by atoms with E-state index >= 15 is 0 Å². The molecule has 0 N–H and O–H groups in total. The molecule has 3 aromatic rings. The lowest BCUT2D eigenvalue weighted by atomic mass is 9.98. The molecule has 218 valence electrons. The molecule has 2 aromatic heterocycles. The summed E-state index contributed by atoms with van der Waals surface area (Å²) < 4.78 is 68.2. The molecule has 3 rings (SSSR count). The SMILES string of the molecule is CCCCCCCCOc1ccc(N(COC(=O)C(C)(C)C)c2nc(-c3cccnc3)c(F)s2)cc1C(F)(F)F. The van der Waals surface area contributed by atoms with Crippen molar-refractivity contribution in [2.24, 2.45) is 5.41 Å². The van der Waals surface area contributed by atoms with Gasteiger partial charge in [-0.2, -0.15) is 17.6 Å². The predicted octanol–water partition coefficient (Wildman–Crippen LogP) is 8.79. The molecule has 11 heteroatoms. The van der Waals surface area contributed by atoms with Crippen LogP contribution in [-0.4, -0.2) is 29.3 Å². The molecule has 2 heterocycles. The van der Waals surface area contributed by atoms with Crippen LogP contribution in [0, 0.1) is 10.5 Å². The van der Waals surface area contributed by atoms with Crippen LogP contribution in [0.25, 0.3) is 11.3 Å². The first-order valence-corrected chi connectivity index (χ1v) is 14.1. The first kappa shape index (κ1) is 31.3. The van der Waals surface area contributed by atoms with Gasteiger partial charge in [0.15, 0.2) is 11.9 Å². The molecule has 0 radical (unpaired) electrons. The van der Waals surface area contributed by atoms with Crippen LogP contribution in [0.5, 0.6) is 5.75 Å². The number of esters is 1. The Morgan fingerprint density at radius 3 is 2.42 bits per heavy atom. The van der Waals surface area contributed by atoms with E-state index in [4.69, 9.17) is 9.47 Å². The number of alkyl halides is 3. The van der Waals surface area contributed by atoms with Gasteiger partial charge in [0.05, 0.1) is 17.6 Å². The molecule has 0 aliphatic rings. The minimum atomic E-state index is -4.71. The highest BCUT2D eigenvalue weighted by molar-refractivity contribution is 7.14. The van der Waals surface area contributed by atoms with Crippen molar-refractivity contribution in [1.82, 2.24) is 9.97 Å². The third-order valence-electron chi connectivity index (χ3n) is 6.01. The third kappa shape index (κ3) is 8.64. The number of thiazole rings is 1. The minimum Gasteiger partial charge on any atom is -0.493 e. The maximum Gasteiger partial charge on any atom is 0.420 e. The summed E-state index contributed by atoms with van der Waals surface area (Å²) in [7, 11) is 0. The summed E-state index contributed by atoms with van der Waals surface area (Å²) in [5, 5.41) is -0.628. The molecule has 6 nitrogen and oxygen atoms in total. The van der Waals surface area contributed by atoms with Crippen molar-refractivity contribution in [1.29, 1.82) is 0 Å². The van der Waals surface area contributed by atoms with Crippen molar-refractivity contribution in [3.63, 3.8) is 0 Å². The van der Waals surface area contributed by atoms with Crippen molar-refractivity contribution >= 4 is 28.1 Å². The lowest BCUT2D eigenvalue weighted by Gasteiger charge is -2.25. The maximum atomic E-state index is 15.0. The van der Waals surface area contributed by atoms with Gasteiger partial charge in [0.2, 0.25) is 5.13 Å². The van der Waals surface area contributed by atoms with E-state index in [1.165, 1.54) is 29.4 Å². The quantitative estimate of drug-likeness (QED) is 0.0870. The number of anilines is 2. The molecule has 1 aromatic carbocycles. The number of carbonyl (C=O) groups is 1. The van der Waals surface area contributed by atoms with Gasteiger partial charge in [-0.15, -0.1) is 0 Å². The highest BCUT2D eigenvalue weighted by Gasteiger charge is 2.36. The Labute approximate surface area is 236 Å². The second-order valence-corrected chi connectivity index (χ2v) is 11.3. The molecule has 0 atom stereocenters. The zero-order valence-corrected chi connectivity index (χ0v) is 24.0. The van der Waals surface area contributed by atoms with Gasteiger partial charge in [-0.1, -0.05) is 50.4 Å².